The van der Waals surface area contributed by atoms with Gasteiger partial charge in [-0.2, -0.15) is 11.8 Å². The van der Waals surface area contributed by atoms with Crippen LogP contribution in [0.5, 0.6) is 0 Å². The molecule has 0 fully saturated rings. The highest BCUT2D eigenvalue weighted by Crippen LogP contribution is 2.13. The predicted octanol–water partition coefficient (Wildman–Crippen LogP) is 1.92. The van der Waals surface area contributed by atoms with Crippen molar-refractivity contribution >= 4 is 29.5 Å². The summed E-state index contributed by atoms with van der Waals surface area (Å²) in [6.07, 6.45) is 0. The summed E-state index contributed by atoms with van der Waals surface area (Å²) in [7, 11) is 0. The van der Waals surface area contributed by atoms with Crippen molar-refractivity contribution in [3.8, 4) is 0 Å². The molecule has 1 aromatic carbocycles. The number of carboxylic acids is 1. The lowest BCUT2D eigenvalue weighted by molar-refractivity contribution is -0.140. The summed E-state index contributed by atoms with van der Waals surface area (Å²) in [5.74, 6) is -1.21. The predicted molar refractivity (Wildman–Crippen MR) is 94.4 cm³/mol. The highest BCUT2D eigenvalue weighted by atomic mass is 32.2. The van der Waals surface area contributed by atoms with Gasteiger partial charge in [-0.05, 0) is 25.0 Å². The smallest absolute Gasteiger partial charge is 0.327 e. The van der Waals surface area contributed by atoms with Crippen molar-refractivity contribution in [3.05, 3.63) is 47.2 Å². The summed E-state index contributed by atoms with van der Waals surface area (Å²) >= 11 is 1.42. The maximum atomic E-state index is 12.2. The molecule has 0 aliphatic carbocycles. The fraction of sp³-hybridized carbons (Fsp3) is 0.353. The van der Waals surface area contributed by atoms with Crippen LogP contribution in [0.4, 0.5) is 0 Å². The number of hydrogen-bond donors (Lipinski definition) is 3. The summed E-state index contributed by atoms with van der Waals surface area (Å²) in [6.45, 7) is 4.64. The van der Waals surface area contributed by atoms with E-state index in [-0.39, 0.29) is 17.4 Å². The highest BCUT2D eigenvalue weighted by Gasteiger charge is 2.22. The van der Waals surface area contributed by atoms with Crippen molar-refractivity contribution in [2.75, 3.05) is 5.75 Å². The number of rotatable bonds is 8. The molecule has 0 heterocycles. The normalized spacial score (nSPS) is 11.3. The van der Waals surface area contributed by atoms with E-state index >= 15 is 0 Å². The van der Waals surface area contributed by atoms with Crippen molar-refractivity contribution in [2.24, 2.45) is 0 Å². The van der Waals surface area contributed by atoms with Gasteiger partial charge in [0.05, 0.1) is 0 Å². The van der Waals surface area contributed by atoms with Gasteiger partial charge in [0.25, 0.3) is 5.91 Å². The van der Waals surface area contributed by atoms with Crippen LogP contribution in [0.3, 0.4) is 0 Å². The molecular formula is C17H22N2O4S. The van der Waals surface area contributed by atoms with Crippen molar-refractivity contribution < 1.29 is 19.5 Å². The summed E-state index contributed by atoms with van der Waals surface area (Å²) in [5.41, 5.74) is 1.77. The summed E-state index contributed by atoms with van der Waals surface area (Å²) in [4.78, 5) is 34.7. The molecule has 0 saturated carbocycles. The average Bonchev–Trinajstić information content (AvgIpc) is 2.51. The molecule has 0 unspecified atom stereocenters. The Morgan fingerprint density at radius 2 is 1.75 bits per heavy atom. The number of hydrogen-bond acceptors (Lipinski definition) is 4. The Morgan fingerprint density at radius 3 is 2.25 bits per heavy atom. The second-order valence-corrected chi connectivity index (χ2v) is 6.45. The fourth-order valence-electron chi connectivity index (χ4n) is 1.86. The van der Waals surface area contributed by atoms with Gasteiger partial charge in [0, 0.05) is 18.4 Å². The molecule has 0 radical (unpaired) electrons. The Labute approximate surface area is 145 Å². The number of nitrogens with one attached hydrogen (secondary N) is 2. The third-order valence-electron chi connectivity index (χ3n) is 3.03. The van der Waals surface area contributed by atoms with E-state index in [2.05, 4.69) is 10.6 Å². The van der Waals surface area contributed by atoms with Crippen LogP contribution in [-0.2, 0) is 20.1 Å². The van der Waals surface area contributed by atoms with Crippen LogP contribution in [0.1, 0.15) is 26.3 Å². The highest BCUT2D eigenvalue weighted by molar-refractivity contribution is 7.98. The molecule has 7 heteroatoms. The van der Waals surface area contributed by atoms with Gasteiger partial charge in [-0.15, -0.1) is 0 Å². The number of amides is 2. The first-order valence-electron chi connectivity index (χ1n) is 7.41. The molecular weight excluding hydrogens is 328 g/mol. The van der Waals surface area contributed by atoms with Gasteiger partial charge in [-0.1, -0.05) is 30.3 Å². The molecule has 0 saturated heterocycles. The fourth-order valence-corrected chi connectivity index (χ4v) is 2.87. The van der Waals surface area contributed by atoms with Gasteiger partial charge in [-0.3, -0.25) is 9.59 Å². The second-order valence-electron chi connectivity index (χ2n) is 5.42. The van der Waals surface area contributed by atoms with Gasteiger partial charge in [-0.25, -0.2) is 4.79 Å². The van der Waals surface area contributed by atoms with Gasteiger partial charge in [0.2, 0.25) is 5.91 Å². The van der Waals surface area contributed by atoms with Crippen LogP contribution >= 0.6 is 11.8 Å². The zero-order valence-corrected chi connectivity index (χ0v) is 14.8. The van der Waals surface area contributed by atoms with E-state index in [1.54, 1.807) is 13.8 Å². The molecule has 6 nitrogen and oxygen atoms in total. The number of benzene rings is 1. The number of carbonyl (C=O) groups is 3. The maximum absolute atomic E-state index is 12.2. The van der Waals surface area contributed by atoms with Crippen LogP contribution in [0.15, 0.2) is 41.6 Å². The molecule has 0 aliphatic heterocycles. The van der Waals surface area contributed by atoms with E-state index in [4.69, 9.17) is 0 Å². The van der Waals surface area contributed by atoms with Crippen molar-refractivity contribution in [1.29, 1.82) is 0 Å². The first-order valence-corrected chi connectivity index (χ1v) is 8.57. The Kier molecular flexibility index (Phi) is 8.05. The minimum absolute atomic E-state index is 0.0850. The number of carbonyl (C=O) groups excluding carboxylic acids is 2. The van der Waals surface area contributed by atoms with E-state index < -0.39 is 17.9 Å². The van der Waals surface area contributed by atoms with Gasteiger partial charge in [0.1, 0.15) is 11.7 Å². The third kappa shape index (κ3) is 6.87. The molecule has 2 amide bonds. The SMILES string of the molecule is CC(=O)NC(C(=O)N[C@H](CSCc1ccccc1)C(=O)O)=C(C)C. The first-order chi connectivity index (χ1) is 11.3. The topological polar surface area (TPSA) is 95.5 Å². The number of thioether (sulfide) groups is 1. The molecule has 1 atom stereocenters. The van der Waals surface area contributed by atoms with E-state index in [1.165, 1.54) is 18.7 Å². The van der Waals surface area contributed by atoms with E-state index in [1.807, 2.05) is 30.3 Å². The van der Waals surface area contributed by atoms with Crippen molar-refractivity contribution in [3.63, 3.8) is 0 Å². The van der Waals surface area contributed by atoms with E-state index in [9.17, 15) is 19.5 Å². The molecule has 0 spiro atoms. The lowest BCUT2D eigenvalue weighted by atomic mass is 10.2. The standard InChI is InChI=1S/C17H22N2O4S/c1-11(2)15(18-12(3)20)16(21)19-14(17(22)23)10-24-9-13-7-5-4-6-8-13/h4-8,14H,9-10H2,1-3H3,(H,18,20)(H,19,21)(H,22,23)/t14-/m1/s1. The molecule has 0 bridgehead atoms. The average molecular weight is 350 g/mol. The first kappa shape index (κ1) is 19.8. The molecule has 1 aromatic rings. The monoisotopic (exact) mass is 350 g/mol. The van der Waals surface area contributed by atoms with Crippen molar-refractivity contribution in [2.45, 2.75) is 32.6 Å². The Hall–Kier alpha value is -2.28. The molecule has 3 N–H and O–H groups in total. The van der Waals surface area contributed by atoms with Gasteiger partial charge >= 0.3 is 5.97 Å². The molecule has 0 aliphatic rings. The Morgan fingerprint density at radius 1 is 1.12 bits per heavy atom. The largest absolute Gasteiger partial charge is 0.480 e. The lowest BCUT2D eigenvalue weighted by Gasteiger charge is -2.17. The number of aliphatic carboxylic acids is 1. The number of carboxylic acid groups (broad SMARTS) is 1. The minimum atomic E-state index is -1.11. The van der Waals surface area contributed by atoms with Gasteiger partial charge < -0.3 is 15.7 Å². The molecule has 130 valence electrons. The summed E-state index contributed by atoms with van der Waals surface area (Å²) < 4.78 is 0. The summed E-state index contributed by atoms with van der Waals surface area (Å²) in [5, 5.41) is 14.2. The van der Waals surface area contributed by atoms with Crippen LogP contribution in [0.2, 0.25) is 0 Å². The molecule has 0 aromatic heterocycles. The molecule has 24 heavy (non-hydrogen) atoms. The zero-order valence-electron chi connectivity index (χ0n) is 14.0. The Balaban J connectivity index is 2.65. The van der Waals surface area contributed by atoms with Crippen LogP contribution < -0.4 is 10.6 Å². The summed E-state index contributed by atoms with van der Waals surface area (Å²) in [6, 6.07) is 8.63. The zero-order chi connectivity index (χ0) is 18.1. The van der Waals surface area contributed by atoms with Crippen molar-refractivity contribution in [1.82, 2.24) is 10.6 Å². The Bertz CT molecular complexity index is 625. The number of allylic oxidation sites excluding steroid dienone is 1. The second kappa shape index (κ2) is 9.77. The quantitative estimate of drug-likeness (QED) is 0.623. The lowest BCUT2D eigenvalue weighted by Crippen LogP contribution is -2.45. The third-order valence-corrected chi connectivity index (χ3v) is 4.13. The van der Waals surface area contributed by atoms with E-state index in [0.29, 0.717) is 11.3 Å². The maximum Gasteiger partial charge on any atom is 0.327 e. The minimum Gasteiger partial charge on any atom is -0.480 e. The van der Waals surface area contributed by atoms with Crippen LogP contribution in [-0.4, -0.2) is 34.7 Å². The van der Waals surface area contributed by atoms with Crippen LogP contribution in [0.25, 0.3) is 0 Å². The van der Waals surface area contributed by atoms with Gasteiger partial charge in [0.15, 0.2) is 0 Å². The van der Waals surface area contributed by atoms with Crippen LogP contribution in [0, 0.1) is 0 Å². The molecule has 1 rings (SSSR count). The van der Waals surface area contributed by atoms with E-state index in [0.717, 1.165) is 5.56 Å².